The molecule has 0 bridgehead atoms. The fraction of sp³-hybridized carbons (Fsp3) is 0.111. The Balaban J connectivity index is 1.56. The van der Waals surface area contributed by atoms with Gasteiger partial charge >= 0.3 is 0 Å². The van der Waals surface area contributed by atoms with E-state index in [9.17, 15) is 9.59 Å². The van der Waals surface area contributed by atoms with Gasteiger partial charge in [-0.1, -0.05) is 6.07 Å². The van der Waals surface area contributed by atoms with Crippen molar-refractivity contribution in [1.29, 1.82) is 0 Å². The number of nitrogens with two attached hydrogens (primary N) is 1. The highest BCUT2D eigenvalue weighted by Gasteiger charge is 2.08. The van der Waals surface area contributed by atoms with Gasteiger partial charge in [0.2, 0.25) is 5.91 Å². The average molecular weight is 367 g/mol. The molecule has 3 N–H and O–H groups in total. The van der Waals surface area contributed by atoms with Crippen LogP contribution in [0.5, 0.6) is 0 Å². The normalized spacial score (nSPS) is 10.5. The van der Waals surface area contributed by atoms with E-state index in [1.54, 1.807) is 36.3 Å². The van der Waals surface area contributed by atoms with Crippen molar-refractivity contribution in [3.05, 3.63) is 72.3 Å². The van der Waals surface area contributed by atoms with Crippen molar-refractivity contribution in [1.82, 2.24) is 14.8 Å². The van der Waals surface area contributed by atoms with Crippen LogP contribution in [0.3, 0.4) is 0 Å². The number of hydrogen-bond donors (Lipinski definition) is 2. The molecule has 2 amide bonds. The van der Waals surface area contributed by atoms with Crippen LogP contribution in [0.2, 0.25) is 0 Å². The van der Waals surface area contributed by atoms with Crippen LogP contribution in [0.25, 0.3) is 0 Å². The summed E-state index contributed by atoms with van der Waals surface area (Å²) in [7, 11) is 0. The lowest BCUT2D eigenvalue weighted by Crippen LogP contribution is -2.18. The summed E-state index contributed by atoms with van der Waals surface area (Å²) in [4.78, 5) is 28.3. The molecule has 0 unspecified atom stereocenters. The Morgan fingerprint density at radius 1 is 1.15 bits per heavy atom. The summed E-state index contributed by atoms with van der Waals surface area (Å²) in [6, 6.07) is 11.3. The van der Waals surface area contributed by atoms with Crippen LogP contribution in [0, 0.1) is 0 Å². The molecule has 26 heavy (non-hydrogen) atoms. The van der Waals surface area contributed by atoms with Crippen molar-refractivity contribution in [3.63, 3.8) is 0 Å². The molecule has 2 heterocycles. The summed E-state index contributed by atoms with van der Waals surface area (Å²) in [5.74, 6) is 0.0797. The SMILES string of the molecule is NC(=O)Cn1cc(NC(=O)c2ccc(SCc3cccnc3)cc2)cn1. The molecule has 132 valence electrons. The van der Waals surface area contributed by atoms with E-state index in [4.69, 9.17) is 5.73 Å². The molecular formula is C18H17N5O2S. The second-order valence-corrected chi connectivity index (χ2v) is 6.57. The highest BCUT2D eigenvalue weighted by molar-refractivity contribution is 7.98. The van der Waals surface area contributed by atoms with Gasteiger partial charge in [0.05, 0.1) is 11.9 Å². The first-order chi connectivity index (χ1) is 12.6. The van der Waals surface area contributed by atoms with Gasteiger partial charge in [0.1, 0.15) is 6.54 Å². The Kier molecular flexibility index (Phi) is 5.65. The highest BCUT2D eigenvalue weighted by atomic mass is 32.2. The van der Waals surface area contributed by atoms with Gasteiger partial charge in [-0.25, -0.2) is 0 Å². The second kappa shape index (κ2) is 8.30. The maximum absolute atomic E-state index is 12.3. The maximum Gasteiger partial charge on any atom is 0.255 e. The van der Waals surface area contributed by atoms with E-state index in [1.165, 1.54) is 10.9 Å². The second-order valence-electron chi connectivity index (χ2n) is 5.52. The Labute approximate surface area is 154 Å². The van der Waals surface area contributed by atoms with Crippen molar-refractivity contribution >= 4 is 29.3 Å². The lowest BCUT2D eigenvalue weighted by molar-refractivity contribution is -0.118. The fourth-order valence-corrected chi connectivity index (χ4v) is 3.06. The molecule has 0 aliphatic carbocycles. The third kappa shape index (κ3) is 4.93. The predicted octanol–water partition coefficient (Wildman–Crippen LogP) is 2.31. The summed E-state index contributed by atoms with van der Waals surface area (Å²) >= 11 is 1.68. The van der Waals surface area contributed by atoms with E-state index < -0.39 is 5.91 Å². The molecule has 0 saturated heterocycles. The van der Waals surface area contributed by atoms with Gasteiger partial charge in [-0.15, -0.1) is 11.8 Å². The zero-order valence-electron chi connectivity index (χ0n) is 13.8. The van der Waals surface area contributed by atoms with E-state index >= 15 is 0 Å². The molecule has 1 aromatic carbocycles. The zero-order valence-corrected chi connectivity index (χ0v) is 14.6. The van der Waals surface area contributed by atoms with Gasteiger partial charge in [-0.05, 0) is 35.9 Å². The first-order valence-corrected chi connectivity index (χ1v) is 8.82. The van der Waals surface area contributed by atoms with Crippen molar-refractivity contribution in [2.45, 2.75) is 17.2 Å². The Bertz CT molecular complexity index is 893. The number of carbonyl (C=O) groups is 2. The summed E-state index contributed by atoms with van der Waals surface area (Å²) in [6.07, 6.45) is 6.62. The monoisotopic (exact) mass is 367 g/mol. The topological polar surface area (TPSA) is 103 Å². The quantitative estimate of drug-likeness (QED) is 0.624. The van der Waals surface area contributed by atoms with E-state index in [2.05, 4.69) is 15.4 Å². The number of rotatable bonds is 7. The summed E-state index contributed by atoms with van der Waals surface area (Å²) in [6.45, 7) is -0.0290. The van der Waals surface area contributed by atoms with Crippen LogP contribution in [-0.2, 0) is 17.1 Å². The number of nitrogens with zero attached hydrogens (tertiary/aromatic N) is 3. The lowest BCUT2D eigenvalue weighted by atomic mass is 10.2. The Morgan fingerprint density at radius 3 is 2.65 bits per heavy atom. The number of carbonyl (C=O) groups excluding carboxylic acids is 2. The van der Waals surface area contributed by atoms with Gasteiger partial charge < -0.3 is 11.1 Å². The molecule has 0 spiro atoms. The van der Waals surface area contributed by atoms with Crippen LogP contribution in [-0.4, -0.2) is 26.6 Å². The first kappa shape index (κ1) is 17.7. The standard InChI is InChI=1S/C18H17N5O2S/c19-17(24)11-23-10-15(9-21-23)22-18(25)14-3-5-16(6-4-14)26-12-13-2-1-7-20-8-13/h1-10H,11-12H2,(H2,19,24)(H,22,25). The number of aromatic nitrogens is 3. The lowest BCUT2D eigenvalue weighted by Gasteiger charge is -2.05. The van der Waals surface area contributed by atoms with Gasteiger partial charge in [-0.3, -0.25) is 19.3 Å². The summed E-state index contributed by atoms with van der Waals surface area (Å²) in [5, 5.41) is 6.70. The molecule has 8 heteroatoms. The summed E-state index contributed by atoms with van der Waals surface area (Å²) in [5.41, 5.74) is 7.30. The molecule has 0 aliphatic rings. The number of primary amides is 1. The van der Waals surface area contributed by atoms with Gasteiger partial charge in [-0.2, -0.15) is 5.10 Å². The van der Waals surface area contributed by atoms with Crippen molar-refractivity contribution < 1.29 is 9.59 Å². The van der Waals surface area contributed by atoms with Crippen LogP contribution < -0.4 is 11.1 Å². The van der Waals surface area contributed by atoms with Gasteiger partial charge in [0.15, 0.2) is 0 Å². The maximum atomic E-state index is 12.3. The minimum Gasteiger partial charge on any atom is -0.368 e. The minimum absolute atomic E-state index is 0.0290. The molecule has 2 aromatic heterocycles. The average Bonchev–Trinajstić information content (AvgIpc) is 3.07. The van der Waals surface area contributed by atoms with E-state index in [1.807, 2.05) is 30.5 Å². The van der Waals surface area contributed by atoms with Crippen molar-refractivity contribution in [3.8, 4) is 0 Å². The van der Waals surface area contributed by atoms with Crippen molar-refractivity contribution in [2.24, 2.45) is 5.73 Å². The van der Waals surface area contributed by atoms with Crippen LogP contribution in [0.1, 0.15) is 15.9 Å². The number of hydrogen-bond acceptors (Lipinski definition) is 5. The third-order valence-electron chi connectivity index (χ3n) is 3.45. The molecule has 0 aliphatic heterocycles. The van der Waals surface area contributed by atoms with Gasteiger partial charge in [0, 0.05) is 34.8 Å². The Morgan fingerprint density at radius 2 is 1.96 bits per heavy atom. The largest absolute Gasteiger partial charge is 0.368 e. The smallest absolute Gasteiger partial charge is 0.255 e. The van der Waals surface area contributed by atoms with E-state index in [-0.39, 0.29) is 12.5 Å². The van der Waals surface area contributed by atoms with Crippen LogP contribution >= 0.6 is 11.8 Å². The molecule has 0 radical (unpaired) electrons. The van der Waals surface area contributed by atoms with Crippen LogP contribution in [0.15, 0.2) is 66.1 Å². The molecule has 0 fully saturated rings. The number of pyridine rings is 1. The Hall–Kier alpha value is -3.13. The van der Waals surface area contributed by atoms with Gasteiger partial charge in [0.25, 0.3) is 5.91 Å². The highest BCUT2D eigenvalue weighted by Crippen LogP contribution is 2.23. The third-order valence-corrected chi connectivity index (χ3v) is 4.54. The predicted molar refractivity (Wildman–Crippen MR) is 99.6 cm³/mol. The molecule has 3 rings (SSSR count). The number of anilines is 1. The number of nitrogens with one attached hydrogen (secondary N) is 1. The minimum atomic E-state index is -0.495. The number of amides is 2. The number of benzene rings is 1. The molecule has 0 atom stereocenters. The van der Waals surface area contributed by atoms with E-state index in [0.717, 1.165) is 16.2 Å². The molecule has 3 aromatic rings. The molecule has 7 nitrogen and oxygen atoms in total. The van der Waals surface area contributed by atoms with Crippen LogP contribution in [0.4, 0.5) is 5.69 Å². The van der Waals surface area contributed by atoms with Crippen molar-refractivity contribution in [2.75, 3.05) is 5.32 Å². The van der Waals surface area contributed by atoms with E-state index in [0.29, 0.717) is 11.3 Å². The fourth-order valence-electron chi connectivity index (χ4n) is 2.23. The zero-order chi connectivity index (χ0) is 18.4. The summed E-state index contributed by atoms with van der Waals surface area (Å²) < 4.78 is 1.37. The molecular weight excluding hydrogens is 350 g/mol. The first-order valence-electron chi connectivity index (χ1n) is 7.84. The number of thioether (sulfide) groups is 1. The molecule has 0 saturated carbocycles.